The molecule has 0 spiro atoms. The fraction of sp³-hybridized carbons (Fsp3) is 0.364. The van der Waals surface area contributed by atoms with Gasteiger partial charge >= 0.3 is 18.1 Å². The van der Waals surface area contributed by atoms with Gasteiger partial charge in [0, 0.05) is 18.2 Å². The first-order chi connectivity index (χ1) is 22.1. The third-order valence-corrected chi connectivity index (χ3v) is 8.16. The number of aliphatic carboxylic acids is 2. The normalized spacial score (nSPS) is 20.9. The predicted octanol–water partition coefficient (Wildman–Crippen LogP) is 4.66. The summed E-state index contributed by atoms with van der Waals surface area (Å²) in [6, 6.07) is 14.5. The molecule has 13 nitrogen and oxygen atoms in total. The SMILES string of the molecule is CCCOc1ccc2c(c1)C(c1ccc(OC)cc1OCC(=O)O)C(OCC)(C(=O)O)C2(COC(=O)O)c1ccc2c(c1)OCO2. The summed E-state index contributed by atoms with van der Waals surface area (Å²) in [4.78, 5) is 37.6. The summed E-state index contributed by atoms with van der Waals surface area (Å²) in [6.07, 6.45) is -0.920. The molecule has 13 heteroatoms. The molecule has 0 fully saturated rings. The van der Waals surface area contributed by atoms with E-state index in [1.165, 1.54) is 13.2 Å². The molecule has 3 aromatic carbocycles. The van der Waals surface area contributed by atoms with Crippen LogP contribution in [-0.2, 0) is 24.5 Å². The fourth-order valence-electron chi connectivity index (χ4n) is 6.45. The van der Waals surface area contributed by atoms with E-state index in [1.54, 1.807) is 55.5 Å². The zero-order chi connectivity index (χ0) is 33.1. The topological polar surface area (TPSA) is 177 Å². The van der Waals surface area contributed by atoms with Crippen LogP contribution in [0.25, 0.3) is 0 Å². The summed E-state index contributed by atoms with van der Waals surface area (Å²) in [6.45, 7) is 2.37. The lowest BCUT2D eigenvalue weighted by Crippen LogP contribution is -2.61. The number of carboxylic acid groups (broad SMARTS) is 3. The fourth-order valence-corrected chi connectivity index (χ4v) is 6.45. The zero-order valence-electron chi connectivity index (χ0n) is 25.4. The number of hydrogen-bond acceptors (Lipinski definition) is 10. The number of benzene rings is 3. The van der Waals surface area contributed by atoms with Gasteiger partial charge in [-0.3, -0.25) is 0 Å². The van der Waals surface area contributed by atoms with Crippen molar-refractivity contribution in [1.29, 1.82) is 0 Å². The molecule has 1 aliphatic heterocycles. The van der Waals surface area contributed by atoms with Crippen LogP contribution in [-0.4, -0.2) is 79.3 Å². The maximum Gasteiger partial charge on any atom is 0.505 e. The summed E-state index contributed by atoms with van der Waals surface area (Å²) in [5.74, 6) is -2.36. The van der Waals surface area contributed by atoms with Gasteiger partial charge in [-0.15, -0.1) is 0 Å². The quantitative estimate of drug-likeness (QED) is 0.208. The molecule has 5 rings (SSSR count). The number of hydrogen-bond donors (Lipinski definition) is 3. The Kier molecular flexibility index (Phi) is 9.15. The third kappa shape index (κ3) is 5.36. The van der Waals surface area contributed by atoms with E-state index in [4.69, 9.17) is 33.2 Å². The second kappa shape index (κ2) is 13.1. The first kappa shape index (κ1) is 32.2. The third-order valence-electron chi connectivity index (χ3n) is 8.16. The Morgan fingerprint density at radius 1 is 0.891 bits per heavy atom. The number of carbonyl (C=O) groups is 3. The second-order valence-electron chi connectivity index (χ2n) is 10.6. The highest BCUT2D eigenvalue weighted by Crippen LogP contribution is 2.63. The zero-order valence-corrected chi connectivity index (χ0v) is 25.4. The van der Waals surface area contributed by atoms with Crippen LogP contribution in [0.2, 0.25) is 0 Å². The molecule has 2 aliphatic rings. The van der Waals surface area contributed by atoms with Gasteiger partial charge < -0.3 is 48.5 Å². The van der Waals surface area contributed by atoms with Crippen LogP contribution in [0, 0.1) is 0 Å². The molecule has 3 N–H and O–H groups in total. The minimum atomic E-state index is -2.30. The Morgan fingerprint density at radius 2 is 1.65 bits per heavy atom. The molecule has 0 bridgehead atoms. The van der Waals surface area contributed by atoms with Crippen molar-refractivity contribution in [2.24, 2.45) is 0 Å². The Bertz CT molecular complexity index is 1640. The number of carboxylic acids is 2. The van der Waals surface area contributed by atoms with E-state index in [9.17, 15) is 29.7 Å². The van der Waals surface area contributed by atoms with Crippen molar-refractivity contribution in [1.82, 2.24) is 0 Å². The van der Waals surface area contributed by atoms with Gasteiger partial charge in [-0.1, -0.05) is 25.1 Å². The van der Waals surface area contributed by atoms with Gasteiger partial charge in [-0.2, -0.15) is 0 Å². The average Bonchev–Trinajstić information content (AvgIpc) is 3.60. The van der Waals surface area contributed by atoms with E-state index >= 15 is 0 Å². The molecule has 0 saturated carbocycles. The van der Waals surface area contributed by atoms with Crippen LogP contribution in [0.1, 0.15) is 48.4 Å². The summed E-state index contributed by atoms with van der Waals surface area (Å²) < 4.78 is 39.9. The lowest BCUT2D eigenvalue weighted by molar-refractivity contribution is -0.178. The van der Waals surface area contributed by atoms with Crippen molar-refractivity contribution in [3.8, 4) is 28.7 Å². The molecule has 3 unspecified atom stereocenters. The van der Waals surface area contributed by atoms with Crippen molar-refractivity contribution in [2.45, 2.75) is 37.2 Å². The standard InChI is InChI=1S/C33H34O13/c1-4-12-41-21-8-10-24-23(14-21)29(22-9-7-20(40-3)15-26(22)42-16-28(34)35)33(30(36)37,46-5-2)32(24,17-43-31(38)39)19-6-11-25-27(13-19)45-18-44-25/h6-11,13-15,29H,4-5,12,16-18H2,1-3H3,(H,34,35)(H,36,37)(H,38,39). The van der Waals surface area contributed by atoms with Crippen molar-refractivity contribution < 1.29 is 62.9 Å². The molecular weight excluding hydrogens is 604 g/mol. The van der Waals surface area contributed by atoms with E-state index < -0.39 is 48.2 Å². The van der Waals surface area contributed by atoms with Crippen molar-refractivity contribution in [3.05, 3.63) is 76.9 Å². The van der Waals surface area contributed by atoms with Gasteiger partial charge in [0.15, 0.2) is 23.7 Å². The molecule has 46 heavy (non-hydrogen) atoms. The molecule has 244 valence electrons. The molecule has 1 aliphatic carbocycles. The van der Waals surface area contributed by atoms with Crippen LogP contribution >= 0.6 is 0 Å². The minimum Gasteiger partial charge on any atom is -0.497 e. The highest BCUT2D eigenvalue weighted by molar-refractivity contribution is 5.88. The Balaban J connectivity index is 1.91. The van der Waals surface area contributed by atoms with Gasteiger partial charge in [0.05, 0.1) is 25.0 Å². The second-order valence-corrected chi connectivity index (χ2v) is 10.6. The Morgan fingerprint density at radius 3 is 2.33 bits per heavy atom. The summed E-state index contributed by atoms with van der Waals surface area (Å²) in [5.41, 5.74) is -2.75. The number of ether oxygens (including phenoxy) is 7. The monoisotopic (exact) mass is 638 g/mol. The van der Waals surface area contributed by atoms with Crippen molar-refractivity contribution in [2.75, 3.05) is 40.3 Å². The van der Waals surface area contributed by atoms with Crippen molar-refractivity contribution in [3.63, 3.8) is 0 Å². The summed E-state index contributed by atoms with van der Waals surface area (Å²) in [5, 5.41) is 30.6. The molecular formula is C33H34O13. The Hall–Kier alpha value is -5.17. The van der Waals surface area contributed by atoms with E-state index in [1.807, 2.05) is 6.92 Å². The maximum absolute atomic E-state index is 14.0. The van der Waals surface area contributed by atoms with Crippen LogP contribution in [0.3, 0.4) is 0 Å². The highest BCUT2D eigenvalue weighted by Gasteiger charge is 2.71. The van der Waals surface area contributed by atoms with E-state index in [-0.39, 0.29) is 24.7 Å². The molecule has 3 atom stereocenters. The first-order valence-electron chi connectivity index (χ1n) is 14.6. The number of methoxy groups -OCH3 is 1. The number of rotatable bonds is 14. The lowest BCUT2D eigenvalue weighted by Gasteiger charge is -2.45. The minimum absolute atomic E-state index is 0.0311. The van der Waals surface area contributed by atoms with Crippen molar-refractivity contribution >= 4 is 18.1 Å². The summed E-state index contributed by atoms with van der Waals surface area (Å²) >= 11 is 0. The van der Waals surface area contributed by atoms with Gasteiger partial charge in [-0.25, -0.2) is 14.4 Å². The van der Waals surface area contributed by atoms with Gasteiger partial charge in [0.2, 0.25) is 6.79 Å². The molecule has 1 heterocycles. The smallest absolute Gasteiger partial charge is 0.497 e. The highest BCUT2D eigenvalue weighted by atomic mass is 16.7. The van der Waals surface area contributed by atoms with Gasteiger partial charge in [-0.05, 0) is 60.4 Å². The van der Waals surface area contributed by atoms with Gasteiger partial charge in [0.25, 0.3) is 0 Å². The van der Waals surface area contributed by atoms with E-state index in [0.29, 0.717) is 52.7 Å². The Labute approximate surface area is 264 Å². The lowest BCUT2D eigenvalue weighted by atomic mass is 9.63. The van der Waals surface area contributed by atoms with Crippen LogP contribution in [0.15, 0.2) is 54.6 Å². The van der Waals surface area contributed by atoms with Crippen LogP contribution in [0.4, 0.5) is 4.79 Å². The molecule has 0 saturated heterocycles. The van der Waals surface area contributed by atoms with E-state index in [0.717, 1.165) is 0 Å². The molecule has 3 aromatic rings. The largest absolute Gasteiger partial charge is 0.505 e. The average molecular weight is 639 g/mol. The van der Waals surface area contributed by atoms with Crippen LogP contribution in [0.5, 0.6) is 28.7 Å². The summed E-state index contributed by atoms with van der Waals surface area (Å²) in [7, 11) is 1.42. The molecule has 0 radical (unpaired) electrons. The maximum atomic E-state index is 14.0. The molecule has 0 aromatic heterocycles. The number of fused-ring (bicyclic) bond motifs is 2. The van der Waals surface area contributed by atoms with E-state index in [2.05, 4.69) is 0 Å². The molecule has 0 amide bonds. The first-order valence-corrected chi connectivity index (χ1v) is 14.6. The van der Waals surface area contributed by atoms with Crippen LogP contribution < -0.4 is 23.7 Å². The van der Waals surface area contributed by atoms with Gasteiger partial charge in [0.1, 0.15) is 23.9 Å². The predicted molar refractivity (Wildman–Crippen MR) is 160 cm³/mol.